The van der Waals surface area contributed by atoms with Gasteiger partial charge in [0.05, 0.1) is 19.8 Å². The lowest BCUT2D eigenvalue weighted by atomic mass is 10.1. The molecule has 0 aliphatic carbocycles. The van der Waals surface area contributed by atoms with Crippen LogP contribution in [0.1, 0.15) is 11.6 Å². The summed E-state index contributed by atoms with van der Waals surface area (Å²) in [4.78, 5) is 10.7. The minimum Gasteiger partial charge on any atom is -0.491 e. The van der Waals surface area contributed by atoms with Gasteiger partial charge >= 0.3 is 5.97 Å². The first kappa shape index (κ1) is 15.4. The van der Waals surface area contributed by atoms with Gasteiger partial charge in [0.25, 0.3) is 0 Å². The number of carboxylic acids is 1. The Hall–Kier alpha value is -1.63. The molecule has 6 nitrogen and oxygen atoms in total. The molecule has 0 bridgehead atoms. The molecule has 1 aromatic rings. The number of rotatable bonds is 9. The van der Waals surface area contributed by atoms with Gasteiger partial charge in [0.15, 0.2) is 0 Å². The fraction of sp³-hybridized carbons (Fsp3) is 0.462. The Morgan fingerprint density at radius 3 is 2.42 bits per heavy atom. The molecule has 0 radical (unpaired) electrons. The van der Waals surface area contributed by atoms with Gasteiger partial charge in [-0.2, -0.15) is 0 Å². The van der Waals surface area contributed by atoms with Crippen LogP contribution in [-0.2, 0) is 14.3 Å². The molecule has 0 aromatic heterocycles. The van der Waals surface area contributed by atoms with Crippen LogP contribution in [0.25, 0.3) is 0 Å². The monoisotopic (exact) mass is 269 g/mol. The highest BCUT2D eigenvalue weighted by atomic mass is 16.5. The van der Waals surface area contributed by atoms with E-state index in [1.807, 2.05) is 0 Å². The van der Waals surface area contributed by atoms with Crippen LogP contribution in [0.2, 0.25) is 0 Å². The summed E-state index contributed by atoms with van der Waals surface area (Å²) >= 11 is 0. The predicted octanol–water partition coefficient (Wildman–Crippen LogP) is 0.813. The molecular formula is C13H19NO5. The number of methoxy groups -OCH3 is 1. The number of benzene rings is 1. The number of hydrogen-bond donors (Lipinski definition) is 2. The second-order valence-corrected chi connectivity index (χ2v) is 3.84. The third-order valence-electron chi connectivity index (χ3n) is 2.43. The Morgan fingerprint density at radius 1 is 1.21 bits per heavy atom. The Labute approximate surface area is 112 Å². The molecule has 3 N–H and O–H groups in total. The van der Waals surface area contributed by atoms with Crippen molar-refractivity contribution in [3.8, 4) is 5.75 Å². The number of nitrogens with two attached hydrogens (primary N) is 1. The van der Waals surface area contributed by atoms with E-state index in [2.05, 4.69) is 0 Å². The van der Waals surface area contributed by atoms with Gasteiger partial charge in [0.2, 0.25) is 0 Å². The highest BCUT2D eigenvalue weighted by Crippen LogP contribution is 2.16. The van der Waals surface area contributed by atoms with E-state index in [1.54, 1.807) is 31.4 Å². The van der Waals surface area contributed by atoms with Gasteiger partial charge in [-0.15, -0.1) is 0 Å². The Balaban J connectivity index is 2.30. The molecular weight excluding hydrogens is 250 g/mol. The van der Waals surface area contributed by atoms with E-state index >= 15 is 0 Å². The summed E-state index contributed by atoms with van der Waals surface area (Å²) in [6.45, 7) is 1.99. The topological polar surface area (TPSA) is 91.0 Å². The third-order valence-corrected chi connectivity index (χ3v) is 2.43. The molecule has 0 amide bonds. The summed E-state index contributed by atoms with van der Waals surface area (Å²) in [5.74, 6) is -0.406. The minimum atomic E-state index is -1.06. The fourth-order valence-corrected chi connectivity index (χ4v) is 1.38. The van der Waals surface area contributed by atoms with E-state index in [1.165, 1.54) is 0 Å². The zero-order valence-electron chi connectivity index (χ0n) is 10.9. The van der Waals surface area contributed by atoms with Gasteiger partial charge in [-0.3, -0.25) is 4.79 Å². The van der Waals surface area contributed by atoms with Crippen molar-refractivity contribution in [2.24, 2.45) is 5.73 Å². The first-order chi connectivity index (χ1) is 9.15. The van der Waals surface area contributed by atoms with Crippen molar-refractivity contribution in [2.75, 3.05) is 33.5 Å². The molecule has 0 heterocycles. The number of carboxylic acid groups (broad SMARTS) is 1. The second kappa shape index (κ2) is 8.47. The maximum absolute atomic E-state index is 10.7. The number of hydrogen-bond acceptors (Lipinski definition) is 5. The Bertz CT molecular complexity index is 379. The van der Waals surface area contributed by atoms with Gasteiger partial charge in [0.1, 0.15) is 18.4 Å². The van der Waals surface area contributed by atoms with Gasteiger partial charge in [0, 0.05) is 7.11 Å². The molecule has 19 heavy (non-hydrogen) atoms. The SMILES string of the molecule is COCCOCCOc1ccc(C(N)C(=O)O)cc1. The van der Waals surface area contributed by atoms with Crippen LogP contribution in [0, 0.1) is 0 Å². The van der Waals surface area contributed by atoms with E-state index in [9.17, 15) is 4.79 Å². The van der Waals surface area contributed by atoms with Crippen LogP contribution in [0.4, 0.5) is 0 Å². The summed E-state index contributed by atoms with van der Waals surface area (Å²) in [7, 11) is 1.61. The molecule has 6 heteroatoms. The maximum atomic E-state index is 10.7. The molecule has 0 spiro atoms. The van der Waals surface area contributed by atoms with E-state index in [0.717, 1.165) is 0 Å². The smallest absolute Gasteiger partial charge is 0.325 e. The van der Waals surface area contributed by atoms with Crippen molar-refractivity contribution in [3.05, 3.63) is 29.8 Å². The molecule has 0 fully saturated rings. The standard InChI is InChI=1S/C13H19NO5/c1-17-6-7-18-8-9-19-11-4-2-10(3-5-11)12(14)13(15)16/h2-5,12H,6-9,14H2,1H3,(H,15,16). The number of aliphatic carboxylic acids is 1. The molecule has 1 rings (SSSR count). The van der Waals surface area contributed by atoms with Crippen LogP contribution in [0.5, 0.6) is 5.75 Å². The Morgan fingerprint density at radius 2 is 1.84 bits per heavy atom. The second-order valence-electron chi connectivity index (χ2n) is 3.84. The number of carbonyl (C=O) groups is 1. The molecule has 1 atom stereocenters. The van der Waals surface area contributed by atoms with Gasteiger partial charge in [-0.05, 0) is 17.7 Å². The van der Waals surface area contributed by atoms with Gasteiger partial charge < -0.3 is 25.1 Å². The van der Waals surface area contributed by atoms with E-state index in [-0.39, 0.29) is 0 Å². The first-order valence-electron chi connectivity index (χ1n) is 5.93. The summed E-state index contributed by atoms with van der Waals surface area (Å²) in [6, 6.07) is 5.65. The van der Waals surface area contributed by atoms with Crippen molar-refractivity contribution in [1.82, 2.24) is 0 Å². The number of ether oxygens (including phenoxy) is 3. The van der Waals surface area contributed by atoms with Crippen LogP contribution in [0.15, 0.2) is 24.3 Å². The Kier molecular flexibility index (Phi) is 6.88. The van der Waals surface area contributed by atoms with Crippen molar-refractivity contribution < 1.29 is 24.1 Å². The first-order valence-corrected chi connectivity index (χ1v) is 5.93. The molecule has 0 aliphatic heterocycles. The quantitative estimate of drug-likeness (QED) is 0.645. The molecule has 1 unspecified atom stereocenters. The average molecular weight is 269 g/mol. The lowest BCUT2D eigenvalue weighted by Gasteiger charge is -2.09. The fourth-order valence-electron chi connectivity index (χ4n) is 1.38. The predicted molar refractivity (Wildman–Crippen MR) is 69.2 cm³/mol. The van der Waals surface area contributed by atoms with Crippen molar-refractivity contribution >= 4 is 5.97 Å². The summed E-state index contributed by atoms with van der Waals surface area (Å²) in [5.41, 5.74) is 6.02. The zero-order chi connectivity index (χ0) is 14.1. The van der Waals surface area contributed by atoms with E-state index in [4.69, 9.17) is 25.1 Å². The summed E-state index contributed by atoms with van der Waals surface area (Å²) in [5, 5.41) is 8.77. The van der Waals surface area contributed by atoms with E-state index < -0.39 is 12.0 Å². The van der Waals surface area contributed by atoms with Crippen molar-refractivity contribution in [3.63, 3.8) is 0 Å². The maximum Gasteiger partial charge on any atom is 0.325 e. The molecule has 106 valence electrons. The van der Waals surface area contributed by atoms with Crippen LogP contribution >= 0.6 is 0 Å². The highest BCUT2D eigenvalue weighted by Gasteiger charge is 2.13. The summed E-state index contributed by atoms with van der Waals surface area (Å²) in [6.07, 6.45) is 0. The lowest BCUT2D eigenvalue weighted by molar-refractivity contribution is -0.138. The van der Waals surface area contributed by atoms with Crippen molar-refractivity contribution in [1.29, 1.82) is 0 Å². The normalized spacial score (nSPS) is 12.1. The average Bonchev–Trinajstić information content (AvgIpc) is 2.42. The van der Waals surface area contributed by atoms with Crippen LogP contribution in [-0.4, -0.2) is 44.6 Å². The molecule has 0 saturated carbocycles. The van der Waals surface area contributed by atoms with Gasteiger partial charge in [-0.1, -0.05) is 12.1 Å². The van der Waals surface area contributed by atoms with Crippen molar-refractivity contribution in [2.45, 2.75) is 6.04 Å². The zero-order valence-corrected chi connectivity index (χ0v) is 10.9. The molecule has 0 saturated heterocycles. The largest absolute Gasteiger partial charge is 0.491 e. The summed E-state index contributed by atoms with van der Waals surface area (Å²) < 4.78 is 15.5. The van der Waals surface area contributed by atoms with Crippen LogP contribution < -0.4 is 10.5 Å². The molecule has 0 aliphatic rings. The molecule has 1 aromatic carbocycles. The highest BCUT2D eigenvalue weighted by molar-refractivity contribution is 5.75. The van der Waals surface area contributed by atoms with Gasteiger partial charge in [-0.25, -0.2) is 0 Å². The van der Waals surface area contributed by atoms with Crippen LogP contribution in [0.3, 0.4) is 0 Å². The third kappa shape index (κ3) is 5.69. The lowest BCUT2D eigenvalue weighted by Crippen LogP contribution is -2.20. The van der Waals surface area contributed by atoms with E-state index in [0.29, 0.717) is 37.7 Å². The minimum absolute atomic E-state index is 0.425.